The Labute approximate surface area is 137 Å². The van der Waals surface area contributed by atoms with Crippen LogP contribution in [0.1, 0.15) is 30.1 Å². The average molecular weight is 307 g/mol. The normalized spacial score (nSPS) is 21.6. The van der Waals surface area contributed by atoms with Crippen molar-refractivity contribution in [3.63, 3.8) is 0 Å². The minimum Gasteiger partial charge on any atom is -0.367 e. The second-order valence-corrected chi connectivity index (χ2v) is 5.98. The van der Waals surface area contributed by atoms with Gasteiger partial charge in [0.05, 0.1) is 0 Å². The minimum absolute atomic E-state index is 0.355. The SMILES string of the molecule is CN1CCC[C@H](CNc2nccnc2C#N)[C@H]1c1ccccc1. The lowest BCUT2D eigenvalue weighted by Crippen LogP contribution is -2.39. The van der Waals surface area contributed by atoms with Crippen molar-refractivity contribution < 1.29 is 0 Å². The van der Waals surface area contributed by atoms with Crippen LogP contribution in [0.15, 0.2) is 42.7 Å². The molecule has 1 aromatic carbocycles. The molecule has 1 aliphatic heterocycles. The first kappa shape index (κ1) is 15.4. The fraction of sp³-hybridized carbons (Fsp3) is 0.389. The molecule has 0 unspecified atom stereocenters. The Morgan fingerprint density at radius 1 is 1.26 bits per heavy atom. The largest absolute Gasteiger partial charge is 0.367 e. The number of hydrogen-bond acceptors (Lipinski definition) is 5. The number of likely N-dealkylation sites (tertiary alicyclic amines) is 1. The van der Waals surface area contributed by atoms with E-state index in [0.717, 1.165) is 13.1 Å². The molecule has 1 aliphatic rings. The number of benzene rings is 1. The number of rotatable bonds is 4. The first-order chi connectivity index (χ1) is 11.3. The van der Waals surface area contributed by atoms with Crippen LogP contribution >= 0.6 is 0 Å². The highest BCUT2D eigenvalue weighted by Gasteiger charge is 2.30. The topological polar surface area (TPSA) is 64.8 Å². The summed E-state index contributed by atoms with van der Waals surface area (Å²) < 4.78 is 0. The van der Waals surface area contributed by atoms with E-state index in [1.165, 1.54) is 18.4 Å². The van der Waals surface area contributed by atoms with Gasteiger partial charge in [0.15, 0.2) is 11.5 Å². The van der Waals surface area contributed by atoms with Crippen LogP contribution in [0, 0.1) is 17.2 Å². The van der Waals surface area contributed by atoms with Gasteiger partial charge in [-0.2, -0.15) is 5.26 Å². The zero-order valence-corrected chi connectivity index (χ0v) is 13.3. The van der Waals surface area contributed by atoms with Gasteiger partial charge in [0, 0.05) is 25.0 Å². The van der Waals surface area contributed by atoms with Crippen LogP contribution in [0.3, 0.4) is 0 Å². The molecule has 0 amide bonds. The summed E-state index contributed by atoms with van der Waals surface area (Å²) in [5.41, 5.74) is 1.70. The highest BCUT2D eigenvalue weighted by atomic mass is 15.1. The fourth-order valence-corrected chi connectivity index (χ4v) is 3.43. The molecule has 0 radical (unpaired) electrons. The second-order valence-electron chi connectivity index (χ2n) is 5.98. The van der Waals surface area contributed by atoms with Crippen molar-refractivity contribution in [3.8, 4) is 6.07 Å². The van der Waals surface area contributed by atoms with Crippen LogP contribution in [0.5, 0.6) is 0 Å². The molecule has 1 N–H and O–H groups in total. The van der Waals surface area contributed by atoms with Crippen molar-refractivity contribution in [1.82, 2.24) is 14.9 Å². The smallest absolute Gasteiger partial charge is 0.182 e. The summed E-state index contributed by atoms with van der Waals surface area (Å²) in [6, 6.07) is 13.1. The predicted molar refractivity (Wildman–Crippen MR) is 89.8 cm³/mol. The van der Waals surface area contributed by atoms with Crippen LogP contribution < -0.4 is 5.32 Å². The highest BCUT2D eigenvalue weighted by Crippen LogP contribution is 2.35. The lowest BCUT2D eigenvalue weighted by atomic mass is 9.85. The van der Waals surface area contributed by atoms with Gasteiger partial charge in [0.2, 0.25) is 0 Å². The van der Waals surface area contributed by atoms with E-state index < -0.39 is 0 Å². The Kier molecular flexibility index (Phi) is 4.84. The Morgan fingerprint density at radius 2 is 2.04 bits per heavy atom. The molecule has 0 aliphatic carbocycles. The zero-order valence-electron chi connectivity index (χ0n) is 13.3. The third-order valence-corrected chi connectivity index (χ3v) is 4.48. The van der Waals surface area contributed by atoms with Gasteiger partial charge < -0.3 is 5.32 Å². The maximum atomic E-state index is 9.13. The summed E-state index contributed by atoms with van der Waals surface area (Å²) in [4.78, 5) is 10.7. The summed E-state index contributed by atoms with van der Waals surface area (Å²) in [7, 11) is 2.19. The molecule has 3 rings (SSSR count). The lowest BCUT2D eigenvalue weighted by molar-refractivity contribution is 0.128. The van der Waals surface area contributed by atoms with E-state index >= 15 is 0 Å². The van der Waals surface area contributed by atoms with Crippen LogP contribution in [-0.2, 0) is 0 Å². The molecule has 0 bridgehead atoms. The van der Waals surface area contributed by atoms with Crippen molar-refractivity contribution in [3.05, 3.63) is 54.0 Å². The molecular formula is C18H21N5. The quantitative estimate of drug-likeness (QED) is 0.941. The van der Waals surface area contributed by atoms with Gasteiger partial charge in [0.25, 0.3) is 0 Å². The maximum Gasteiger partial charge on any atom is 0.182 e. The van der Waals surface area contributed by atoms with Crippen molar-refractivity contribution in [2.24, 2.45) is 5.92 Å². The third-order valence-electron chi connectivity index (χ3n) is 4.48. The van der Waals surface area contributed by atoms with Gasteiger partial charge in [-0.15, -0.1) is 0 Å². The monoisotopic (exact) mass is 307 g/mol. The molecule has 5 heteroatoms. The van der Waals surface area contributed by atoms with E-state index in [1.54, 1.807) is 12.4 Å². The number of hydrogen-bond donors (Lipinski definition) is 1. The Hall–Kier alpha value is -2.45. The van der Waals surface area contributed by atoms with E-state index in [-0.39, 0.29) is 0 Å². The predicted octanol–water partition coefficient (Wildman–Crippen LogP) is 2.84. The van der Waals surface area contributed by atoms with Crippen molar-refractivity contribution in [2.45, 2.75) is 18.9 Å². The molecular weight excluding hydrogens is 286 g/mol. The molecule has 2 atom stereocenters. The van der Waals surface area contributed by atoms with Gasteiger partial charge in [-0.3, -0.25) is 4.90 Å². The fourth-order valence-electron chi connectivity index (χ4n) is 3.43. The average Bonchev–Trinajstić information content (AvgIpc) is 2.61. The first-order valence-corrected chi connectivity index (χ1v) is 7.99. The van der Waals surface area contributed by atoms with Gasteiger partial charge >= 0.3 is 0 Å². The molecule has 118 valence electrons. The molecule has 1 fully saturated rings. The molecule has 0 spiro atoms. The van der Waals surface area contributed by atoms with Crippen LogP contribution in [0.25, 0.3) is 0 Å². The zero-order chi connectivity index (χ0) is 16.1. The van der Waals surface area contributed by atoms with E-state index in [1.807, 2.05) is 0 Å². The standard InChI is InChI=1S/C18H21N5/c1-23-11-5-8-15(17(23)14-6-3-2-4-7-14)13-22-18-16(12-19)20-9-10-21-18/h2-4,6-7,9-10,15,17H,5,8,11,13H2,1H3,(H,21,22)/t15-,17-/m1/s1. The second kappa shape index (κ2) is 7.21. The van der Waals surface area contributed by atoms with Gasteiger partial charge in [-0.25, -0.2) is 9.97 Å². The lowest BCUT2D eigenvalue weighted by Gasteiger charge is -2.39. The molecule has 1 saturated heterocycles. The Bertz CT molecular complexity index is 679. The number of aromatic nitrogens is 2. The Morgan fingerprint density at radius 3 is 2.83 bits per heavy atom. The van der Waals surface area contributed by atoms with Gasteiger partial charge in [-0.05, 0) is 37.9 Å². The molecule has 2 heterocycles. The number of anilines is 1. The first-order valence-electron chi connectivity index (χ1n) is 7.99. The van der Waals surface area contributed by atoms with E-state index in [9.17, 15) is 0 Å². The van der Waals surface area contributed by atoms with Crippen molar-refractivity contribution >= 4 is 5.82 Å². The van der Waals surface area contributed by atoms with Crippen molar-refractivity contribution in [2.75, 3.05) is 25.5 Å². The summed E-state index contributed by atoms with van der Waals surface area (Å²) >= 11 is 0. The van der Waals surface area contributed by atoms with Crippen molar-refractivity contribution in [1.29, 1.82) is 5.26 Å². The molecule has 1 aromatic heterocycles. The number of piperidine rings is 1. The minimum atomic E-state index is 0.355. The Balaban J connectivity index is 1.76. The summed E-state index contributed by atoms with van der Waals surface area (Å²) in [5.74, 6) is 1.06. The number of nitrogens with one attached hydrogen (secondary N) is 1. The third kappa shape index (κ3) is 3.49. The van der Waals surface area contributed by atoms with Crippen LogP contribution in [0.4, 0.5) is 5.82 Å². The number of nitriles is 1. The van der Waals surface area contributed by atoms with Gasteiger partial charge in [0.1, 0.15) is 6.07 Å². The highest BCUT2D eigenvalue weighted by molar-refractivity contribution is 5.46. The molecule has 23 heavy (non-hydrogen) atoms. The summed E-state index contributed by atoms with van der Waals surface area (Å²) in [6.07, 6.45) is 5.52. The van der Waals surface area contributed by atoms with Crippen LogP contribution in [0.2, 0.25) is 0 Å². The summed E-state index contributed by atoms with van der Waals surface area (Å²) in [6.45, 7) is 1.90. The summed E-state index contributed by atoms with van der Waals surface area (Å²) in [5, 5.41) is 12.5. The van der Waals surface area contributed by atoms with Crippen LogP contribution in [-0.4, -0.2) is 35.0 Å². The number of nitrogens with zero attached hydrogens (tertiary/aromatic N) is 4. The van der Waals surface area contributed by atoms with E-state index in [0.29, 0.717) is 23.5 Å². The van der Waals surface area contributed by atoms with Gasteiger partial charge in [-0.1, -0.05) is 30.3 Å². The molecule has 2 aromatic rings. The van der Waals surface area contributed by atoms with E-state index in [4.69, 9.17) is 5.26 Å². The molecule has 0 saturated carbocycles. The maximum absolute atomic E-state index is 9.13. The van der Waals surface area contributed by atoms with E-state index in [2.05, 4.69) is 63.6 Å². The molecule has 5 nitrogen and oxygen atoms in total.